The normalized spacial score (nSPS) is 11.6. The van der Waals surface area contributed by atoms with Gasteiger partial charge in [0.15, 0.2) is 0 Å². The standard InChI is InChI=1S/C9H13ClN2O3S/c1-2-12-6-5-11-8(9(12)13)16(14,15)7-3-4-10/h5-6H,2-4,7H2,1H3. The Kier molecular flexibility index (Phi) is 4.49. The van der Waals surface area contributed by atoms with E-state index in [0.717, 1.165) is 0 Å². The largest absolute Gasteiger partial charge is 0.312 e. The zero-order chi connectivity index (χ0) is 12.2. The molecule has 0 amide bonds. The second kappa shape index (κ2) is 5.45. The highest BCUT2D eigenvalue weighted by Crippen LogP contribution is 2.04. The molecule has 1 rings (SSSR count). The summed E-state index contributed by atoms with van der Waals surface area (Å²) in [6, 6.07) is 0. The molecule has 0 aromatic carbocycles. The molecule has 0 radical (unpaired) electrons. The average Bonchev–Trinajstić information content (AvgIpc) is 2.26. The van der Waals surface area contributed by atoms with Gasteiger partial charge in [0.05, 0.1) is 5.75 Å². The molecule has 0 N–H and O–H groups in total. The number of alkyl halides is 1. The second-order valence-corrected chi connectivity index (χ2v) is 5.59. The summed E-state index contributed by atoms with van der Waals surface area (Å²) in [5.41, 5.74) is -0.570. The van der Waals surface area contributed by atoms with Gasteiger partial charge in [-0.2, -0.15) is 0 Å². The van der Waals surface area contributed by atoms with Gasteiger partial charge in [-0.25, -0.2) is 13.4 Å². The topological polar surface area (TPSA) is 69.0 Å². The minimum Gasteiger partial charge on any atom is -0.312 e. The molecule has 16 heavy (non-hydrogen) atoms. The van der Waals surface area contributed by atoms with Crippen molar-refractivity contribution in [1.29, 1.82) is 0 Å². The van der Waals surface area contributed by atoms with Crippen molar-refractivity contribution < 1.29 is 8.42 Å². The number of halogens is 1. The van der Waals surface area contributed by atoms with Gasteiger partial charge in [-0.3, -0.25) is 4.79 Å². The molecule has 5 nitrogen and oxygen atoms in total. The van der Waals surface area contributed by atoms with E-state index < -0.39 is 15.4 Å². The van der Waals surface area contributed by atoms with E-state index in [0.29, 0.717) is 13.0 Å². The van der Waals surface area contributed by atoms with E-state index in [1.54, 1.807) is 6.92 Å². The lowest BCUT2D eigenvalue weighted by molar-refractivity contribution is 0.583. The molecule has 1 aromatic heterocycles. The maximum Gasteiger partial charge on any atom is 0.288 e. The molecule has 0 unspecified atom stereocenters. The summed E-state index contributed by atoms with van der Waals surface area (Å²) in [5.74, 6) is 0.0977. The summed E-state index contributed by atoms with van der Waals surface area (Å²) in [6.07, 6.45) is 3.09. The van der Waals surface area contributed by atoms with Crippen molar-refractivity contribution >= 4 is 21.4 Å². The van der Waals surface area contributed by atoms with Crippen molar-refractivity contribution in [1.82, 2.24) is 9.55 Å². The monoisotopic (exact) mass is 264 g/mol. The zero-order valence-electron chi connectivity index (χ0n) is 8.89. The lowest BCUT2D eigenvalue weighted by atomic mass is 10.6. The summed E-state index contributed by atoms with van der Waals surface area (Å²) in [6.45, 7) is 2.18. The van der Waals surface area contributed by atoms with Crippen LogP contribution < -0.4 is 5.56 Å². The summed E-state index contributed by atoms with van der Waals surface area (Å²) >= 11 is 5.43. The molecule has 0 aliphatic carbocycles. The highest BCUT2D eigenvalue weighted by Gasteiger charge is 2.20. The SMILES string of the molecule is CCn1ccnc(S(=O)(=O)CCCCl)c1=O. The maximum absolute atomic E-state index is 11.7. The van der Waals surface area contributed by atoms with E-state index in [4.69, 9.17) is 11.6 Å². The average molecular weight is 265 g/mol. The Labute approximate surface area is 99.0 Å². The van der Waals surface area contributed by atoms with Gasteiger partial charge in [0.1, 0.15) is 0 Å². The highest BCUT2D eigenvalue weighted by molar-refractivity contribution is 7.91. The molecular weight excluding hydrogens is 252 g/mol. The molecule has 1 aromatic rings. The molecule has 0 saturated heterocycles. The third kappa shape index (κ3) is 2.82. The molecule has 0 spiro atoms. The Morgan fingerprint density at radius 2 is 2.19 bits per heavy atom. The zero-order valence-corrected chi connectivity index (χ0v) is 10.5. The Hall–Kier alpha value is -0.880. The Morgan fingerprint density at radius 1 is 1.50 bits per heavy atom. The van der Waals surface area contributed by atoms with E-state index in [1.807, 2.05) is 0 Å². The number of aryl methyl sites for hydroxylation is 1. The Balaban J connectivity index is 3.19. The first-order valence-corrected chi connectivity index (χ1v) is 7.05. The van der Waals surface area contributed by atoms with E-state index >= 15 is 0 Å². The van der Waals surface area contributed by atoms with Crippen LogP contribution in [0, 0.1) is 0 Å². The van der Waals surface area contributed by atoms with Gasteiger partial charge in [-0.05, 0) is 13.3 Å². The number of rotatable bonds is 5. The van der Waals surface area contributed by atoms with E-state index in [2.05, 4.69) is 4.98 Å². The predicted molar refractivity (Wildman–Crippen MR) is 61.6 cm³/mol. The minimum absolute atomic E-state index is 0.146. The van der Waals surface area contributed by atoms with Crippen molar-refractivity contribution in [2.75, 3.05) is 11.6 Å². The second-order valence-electron chi connectivity index (χ2n) is 3.18. The van der Waals surface area contributed by atoms with Crippen LogP contribution in [-0.2, 0) is 16.4 Å². The molecule has 0 bridgehead atoms. The van der Waals surface area contributed by atoms with Gasteiger partial charge in [0, 0.05) is 24.8 Å². The van der Waals surface area contributed by atoms with Gasteiger partial charge in [-0.1, -0.05) is 0 Å². The lowest BCUT2D eigenvalue weighted by Crippen LogP contribution is -2.27. The number of nitrogens with zero attached hydrogens (tertiary/aromatic N) is 2. The first-order chi connectivity index (χ1) is 7.53. The molecule has 0 aliphatic heterocycles. The van der Waals surface area contributed by atoms with Gasteiger partial charge >= 0.3 is 0 Å². The predicted octanol–water partition coefficient (Wildman–Crippen LogP) is 0.666. The van der Waals surface area contributed by atoms with Gasteiger partial charge in [0.2, 0.25) is 14.9 Å². The maximum atomic E-state index is 11.7. The number of hydrogen-bond donors (Lipinski definition) is 0. The molecule has 0 fully saturated rings. The van der Waals surface area contributed by atoms with Crippen molar-refractivity contribution in [2.24, 2.45) is 0 Å². The van der Waals surface area contributed by atoms with Crippen LogP contribution in [0.1, 0.15) is 13.3 Å². The van der Waals surface area contributed by atoms with Crippen LogP contribution in [0.25, 0.3) is 0 Å². The van der Waals surface area contributed by atoms with E-state index in [1.165, 1.54) is 17.0 Å². The fraction of sp³-hybridized carbons (Fsp3) is 0.556. The van der Waals surface area contributed by atoms with Crippen LogP contribution in [-0.4, -0.2) is 29.6 Å². The first kappa shape index (κ1) is 13.2. The fourth-order valence-corrected chi connectivity index (χ4v) is 2.85. The summed E-state index contributed by atoms with van der Waals surface area (Å²) in [5, 5.41) is -0.387. The van der Waals surface area contributed by atoms with E-state index in [9.17, 15) is 13.2 Å². The van der Waals surface area contributed by atoms with Crippen LogP contribution in [0.3, 0.4) is 0 Å². The summed E-state index contributed by atoms with van der Waals surface area (Å²) in [4.78, 5) is 15.3. The van der Waals surface area contributed by atoms with Crippen molar-refractivity contribution in [3.8, 4) is 0 Å². The molecule has 0 aliphatic rings. The van der Waals surface area contributed by atoms with Crippen LogP contribution in [0.5, 0.6) is 0 Å². The number of hydrogen-bond acceptors (Lipinski definition) is 4. The third-order valence-electron chi connectivity index (χ3n) is 2.06. The molecule has 90 valence electrons. The van der Waals surface area contributed by atoms with Crippen LogP contribution in [0.4, 0.5) is 0 Å². The van der Waals surface area contributed by atoms with Gasteiger partial charge in [0.25, 0.3) is 5.56 Å². The lowest BCUT2D eigenvalue weighted by Gasteiger charge is -2.04. The molecule has 0 atom stereocenters. The minimum atomic E-state index is -3.61. The summed E-state index contributed by atoms with van der Waals surface area (Å²) < 4.78 is 24.8. The van der Waals surface area contributed by atoms with Crippen molar-refractivity contribution in [3.63, 3.8) is 0 Å². The molecule has 0 saturated carbocycles. The third-order valence-corrected chi connectivity index (χ3v) is 4.03. The smallest absolute Gasteiger partial charge is 0.288 e. The first-order valence-electron chi connectivity index (χ1n) is 4.87. The van der Waals surface area contributed by atoms with Gasteiger partial charge in [-0.15, -0.1) is 11.6 Å². The highest BCUT2D eigenvalue weighted by atomic mass is 35.5. The van der Waals surface area contributed by atoms with Crippen molar-refractivity contribution in [3.05, 3.63) is 22.7 Å². The van der Waals surface area contributed by atoms with Crippen LogP contribution in [0.15, 0.2) is 22.2 Å². The fourth-order valence-electron chi connectivity index (χ4n) is 1.23. The number of aromatic nitrogens is 2. The molecule has 7 heteroatoms. The Morgan fingerprint density at radius 3 is 2.75 bits per heavy atom. The summed E-state index contributed by atoms with van der Waals surface area (Å²) in [7, 11) is -3.61. The molecule has 1 heterocycles. The Bertz CT molecular complexity index is 510. The van der Waals surface area contributed by atoms with Crippen molar-refractivity contribution in [2.45, 2.75) is 24.9 Å². The van der Waals surface area contributed by atoms with Gasteiger partial charge < -0.3 is 4.57 Å². The number of sulfone groups is 1. The van der Waals surface area contributed by atoms with Crippen LogP contribution >= 0.6 is 11.6 Å². The van der Waals surface area contributed by atoms with E-state index in [-0.39, 0.29) is 16.7 Å². The molecular formula is C9H13ClN2O3S. The van der Waals surface area contributed by atoms with Crippen LogP contribution in [0.2, 0.25) is 0 Å². The quantitative estimate of drug-likeness (QED) is 0.733.